The maximum absolute atomic E-state index is 12.1. The van der Waals surface area contributed by atoms with Gasteiger partial charge in [-0.3, -0.25) is 9.59 Å². The molecule has 0 bridgehead atoms. The molecule has 116 valence electrons. The summed E-state index contributed by atoms with van der Waals surface area (Å²) in [7, 11) is 1.33. The zero-order chi connectivity index (χ0) is 16.2. The number of fused-ring (bicyclic) bond motifs is 3. The fourth-order valence-electron chi connectivity index (χ4n) is 2.78. The van der Waals surface area contributed by atoms with Crippen molar-refractivity contribution < 1.29 is 14.3 Å². The van der Waals surface area contributed by atoms with Gasteiger partial charge < -0.3 is 10.1 Å². The molecule has 1 N–H and O–H groups in total. The normalized spacial score (nSPS) is 11.4. The lowest BCUT2D eigenvalue weighted by atomic mass is 10.0. The Balaban J connectivity index is 1.84. The Labute approximate surface area is 134 Å². The van der Waals surface area contributed by atoms with E-state index in [0.29, 0.717) is 0 Å². The van der Waals surface area contributed by atoms with Crippen LogP contribution in [0.5, 0.6) is 0 Å². The van der Waals surface area contributed by atoms with E-state index in [2.05, 4.69) is 22.2 Å². The van der Waals surface area contributed by atoms with Crippen LogP contribution in [0.3, 0.4) is 0 Å². The van der Waals surface area contributed by atoms with Gasteiger partial charge in [0.25, 0.3) is 0 Å². The average Bonchev–Trinajstić information content (AvgIpc) is 2.89. The maximum Gasteiger partial charge on any atom is 0.307 e. The van der Waals surface area contributed by atoms with Crippen LogP contribution in [0.15, 0.2) is 54.6 Å². The Morgan fingerprint density at radius 1 is 0.957 bits per heavy atom. The summed E-state index contributed by atoms with van der Waals surface area (Å²) in [5, 5.41) is 2.72. The molecular formula is C19H17NO3. The Morgan fingerprint density at radius 2 is 1.48 bits per heavy atom. The van der Waals surface area contributed by atoms with Crippen LogP contribution in [0.25, 0.3) is 16.7 Å². The largest absolute Gasteiger partial charge is 0.469 e. The second-order valence-corrected chi connectivity index (χ2v) is 5.27. The van der Waals surface area contributed by atoms with Gasteiger partial charge in [0.1, 0.15) is 0 Å². The van der Waals surface area contributed by atoms with Crippen molar-refractivity contribution in [1.29, 1.82) is 0 Å². The third-order valence-corrected chi connectivity index (χ3v) is 3.86. The summed E-state index contributed by atoms with van der Waals surface area (Å²) in [6.45, 7) is 0.262. The first-order valence-corrected chi connectivity index (χ1v) is 7.46. The molecule has 0 spiro atoms. The predicted molar refractivity (Wildman–Crippen MR) is 88.6 cm³/mol. The van der Waals surface area contributed by atoms with Gasteiger partial charge in [-0.2, -0.15) is 0 Å². The number of methoxy groups -OCH3 is 1. The first-order chi connectivity index (χ1) is 11.2. The fourth-order valence-corrected chi connectivity index (χ4v) is 2.78. The number of benzene rings is 2. The molecule has 2 aromatic carbocycles. The minimum atomic E-state index is -0.338. The van der Waals surface area contributed by atoms with Crippen molar-refractivity contribution >= 4 is 17.4 Å². The van der Waals surface area contributed by atoms with Crippen molar-refractivity contribution in [2.75, 3.05) is 13.7 Å². The molecule has 0 fully saturated rings. The molecular weight excluding hydrogens is 290 g/mol. The van der Waals surface area contributed by atoms with Crippen LogP contribution in [-0.2, 0) is 14.3 Å². The number of amides is 1. The average molecular weight is 307 g/mol. The molecule has 3 rings (SSSR count). The lowest BCUT2D eigenvalue weighted by Crippen LogP contribution is -2.24. The summed E-state index contributed by atoms with van der Waals surface area (Å²) in [6, 6.07) is 16.1. The molecule has 0 heterocycles. The lowest BCUT2D eigenvalue weighted by Gasteiger charge is -2.04. The van der Waals surface area contributed by atoms with Crippen LogP contribution >= 0.6 is 0 Å². The molecule has 1 aliphatic carbocycles. The Hall–Kier alpha value is -2.88. The van der Waals surface area contributed by atoms with Crippen molar-refractivity contribution in [2.45, 2.75) is 6.42 Å². The highest BCUT2D eigenvalue weighted by molar-refractivity contribution is 6.08. The van der Waals surface area contributed by atoms with Crippen LogP contribution in [0, 0.1) is 0 Å². The second-order valence-electron chi connectivity index (χ2n) is 5.27. The van der Waals surface area contributed by atoms with Gasteiger partial charge in [0.05, 0.1) is 13.5 Å². The molecule has 0 unspecified atom stereocenters. The van der Waals surface area contributed by atoms with Crippen LogP contribution in [0.2, 0.25) is 0 Å². The molecule has 0 saturated heterocycles. The number of carbonyl (C=O) groups excluding carboxylic acids is 2. The number of hydrogen-bond donors (Lipinski definition) is 1. The summed E-state index contributed by atoms with van der Waals surface area (Å²) in [6.07, 6.45) is 1.76. The van der Waals surface area contributed by atoms with Crippen molar-refractivity contribution in [3.63, 3.8) is 0 Å². The molecule has 0 saturated carbocycles. The molecule has 2 aromatic rings. The number of ether oxygens (including phenoxy) is 1. The minimum Gasteiger partial charge on any atom is -0.469 e. The minimum absolute atomic E-state index is 0.165. The quantitative estimate of drug-likeness (QED) is 0.595. The predicted octanol–water partition coefficient (Wildman–Crippen LogP) is 2.78. The Kier molecular flexibility index (Phi) is 4.24. The van der Waals surface area contributed by atoms with Crippen molar-refractivity contribution in [3.8, 4) is 11.1 Å². The van der Waals surface area contributed by atoms with E-state index >= 15 is 0 Å². The molecule has 4 heteroatoms. The summed E-state index contributed by atoms with van der Waals surface area (Å²) >= 11 is 0. The molecule has 0 radical (unpaired) electrons. The third kappa shape index (κ3) is 3.01. The van der Waals surface area contributed by atoms with E-state index in [1.165, 1.54) is 7.11 Å². The maximum atomic E-state index is 12.1. The molecule has 4 nitrogen and oxygen atoms in total. The molecule has 1 amide bonds. The zero-order valence-corrected chi connectivity index (χ0v) is 12.8. The van der Waals surface area contributed by atoms with Crippen molar-refractivity contribution in [2.24, 2.45) is 0 Å². The number of esters is 1. The van der Waals surface area contributed by atoms with E-state index in [-0.39, 0.29) is 24.8 Å². The van der Waals surface area contributed by atoms with Crippen LogP contribution in [-0.4, -0.2) is 25.5 Å². The van der Waals surface area contributed by atoms with Gasteiger partial charge >= 0.3 is 5.97 Å². The lowest BCUT2D eigenvalue weighted by molar-refractivity contribution is -0.140. The van der Waals surface area contributed by atoms with Gasteiger partial charge in [-0.05, 0) is 27.8 Å². The molecule has 1 aliphatic rings. The third-order valence-electron chi connectivity index (χ3n) is 3.86. The zero-order valence-electron chi connectivity index (χ0n) is 12.8. The molecule has 23 heavy (non-hydrogen) atoms. The summed E-state index contributed by atoms with van der Waals surface area (Å²) in [5.74, 6) is -0.551. The second kappa shape index (κ2) is 6.48. The van der Waals surface area contributed by atoms with E-state index in [1.807, 2.05) is 36.4 Å². The van der Waals surface area contributed by atoms with Crippen molar-refractivity contribution in [1.82, 2.24) is 5.32 Å². The SMILES string of the molecule is COC(=O)CCNC(=O)C=C1c2ccccc2-c2ccccc21. The van der Waals surface area contributed by atoms with Gasteiger partial charge in [0.15, 0.2) is 0 Å². The Bertz CT molecular complexity index is 745. The Morgan fingerprint density at radius 3 is 2.00 bits per heavy atom. The van der Waals surface area contributed by atoms with Gasteiger partial charge in [-0.25, -0.2) is 0 Å². The topological polar surface area (TPSA) is 55.4 Å². The number of carbonyl (C=O) groups is 2. The number of rotatable bonds is 4. The highest BCUT2D eigenvalue weighted by Crippen LogP contribution is 2.43. The smallest absolute Gasteiger partial charge is 0.307 e. The van der Waals surface area contributed by atoms with E-state index in [9.17, 15) is 9.59 Å². The monoisotopic (exact) mass is 307 g/mol. The molecule has 0 aliphatic heterocycles. The fraction of sp³-hybridized carbons (Fsp3) is 0.158. The van der Waals surface area contributed by atoms with Gasteiger partial charge in [-0.1, -0.05) is 48.5 Å². The number of hydrogen-bond acceptors (Lipinski definition) is 3. The van der Waals surface area contributed by atoms with Crippen molar-refractivity contribution in [3.05, 3.63) is 65.7 Å². The van der Waals surface area contributed by atoms with Gasteiger partial charge in [-0.15, -0.1) is 0 Å². The summed E-state index contributed by atoms with van der Waals surface area (Å²) in [4.78, 5) is 23.2. The standard InChI is InChI=1S/C19H17NO3/c1-23-19(22)10-11-20-18(21)12-17-15-8-4-2-6-13(15)14-7-3-5-9-16(14)17/h2-9,12H,10-11H2,1H3,(H,20,21). The van der Waals surface area contributed by atoms with Crippen LogP contribution in [0.1, 0.15) is 17.5 Å². The first kappa shape index (κ1) is 15.0. The summed E-state index contributed by atoms with van der Waals surface area (Å²) in [5.41, 5.74) is 5.29. The highest BCUT2D eigenvalue weighted by atomic mass is 16.5. The highest BCUT2D eigenvalue weighted by Gasteiger charge is 2.22. The van der Waals surface area contributed by atoms with Crippen LogP contribution < -0.4 is 5.32 Å². The van der Waals surface area contributed by atoms with E-state index in [1.54, 1.807) is 6.08 Å². The molecule has 0 aromatic heterocycles. The van der Waals surface area contributed by atoms with Gasteiger partial charge in [0, 0.05) is 12.6 Å². The number of nitrogens with one attached hydrogen (secondary N) is 1. The van der Waals surface area contributed by atoms with E-state index in [0.717, 1.165) is 27.8 Å². The van der Waals surface area contributed by atoms with E-state index < -0.39 is 0 Å². The van der Waals surface area contributed by atoms with Crippen LogP contribution in [0.4, 0.5) is 0 Å². The van der Waals surface area contributed by atoms with Gasteiger partial charge in [0.2, 0.25) is 5.91 Å². The molecule has 0 atom stereocenters. The van der Waals surface area contributed by atoms with E-state index in [4.69, 9.17) is 0 Å². The first-order valence-electron chi connectivity index (χ1n) is 7.46. The summed E-state index contributed by atoms with van der Waals surface area (Å²) < 4.78 is 4.55.